The number of ether oxygens (including phenoxy) is 2. The van der Waals surface area contributed by atoms with Crippen LogP contribution in [0.25, 0.3) is 10.9 Å². The van der Waals surface area contributed by atoms with Gasteiger partial charge in [-0.25, -0.2) is 0 Å². The summed E-state index contributed by atoms with van der Waals surface area (Å²) in [5.74, 6) is 0. The summed E-state index contributed by atoms with van der Waals surface area (Å²) in [6, 6.07) is 10.4. The van der Waals surface area contributed by atoms with Crippen molar-refractivity contribution in [1.82, 2.24) is 9.88 Å². The second-order valence-electron chi connectivity index (χ2n) is 5.20. The number of para-hydroxylation sites is 1. The highest BCUT2D eigenvalue weighted by Gasteiger charge is 2.18. The lowest BCUT2D eigenvalue weighted by molar-refractivity contribution is 0.0225. The fourth-order valence-corrected chi connectivity index (χ4v) is 2.59. The van der Waals surface area contributed by atoms with Gasteiger partial charge in [-0.3, -0.25) is 9.88 Å². The molecule has 1 aliphatic rings. The first-order valence-electron chi connectivity index (χ1n) is 7.02. The maximum atomic E-state index is 5.55. The summed E-state index contributed by atoms with van der Waals surface area (Å²) < 4.78 is 11.0. The molecular formula is C16H20N2O2. The second kappa shape index (κ2) is 6.31. The van der Waals surface area contributed by atoms with Crippen LogP contribution in [0.3, 0.4) is 0 Å². The van der Waals surface area contributed by atoms with Crippen LogP contribution in [0.4, 0.5) is 0 Å². The molecule has 0 saturated carbocycles. The highest BCUT2D eigenvalue weighted by atomic mass is 16.5. The minimum absolute atomic E-state index is 0.158. The van der Waals surface area contributed by atoms with Crippen LogP contribution in [-0.4, -0.2) is 49.4 Å². The molecular weight excluding hydrogens is 252 g/mol. The molecule has 3 rings (SSSR count). The summed E-state index contributed by atoms with van der Waals surface area (Å²) in [5, 5.41) is 1.19. The van der Waals surface area contributed by atoms with Gasteiger partial charge in [-0.1, -0.05) is 18.2 Å². The van der Waals surface area contributed by atoms with E-state index in [1.807, 2.05) is 18.3 Å². The molecule has 0 aliphatic carbocycles. The average molecular weight is 272 g/mol. The molecule has 0 N–H and O–H groups in total. The summed E-state index contributed by atoms with van der Waals surface area (Å²) >= 11 is 0. The number of aromatic nitrogens is 1. The Bertz CT molecular complexity index is 573. The number of pyridine rings is 1. The van der Waals surface area contributed by atoms with Crippen molar-refractivity contribution < 1.29 is 9.47 Å². The Morgan fingerprint density at radius 2 is 2.30 bits per heavy atom. The number of rotatable bonds is 3. The Morgan fingerprint density at radius 3 is 3.20 bits per heavy atom. The zero-order valence-electron chi connectivity index (χ0n) is 11.8. The quantitative estimate of drug-likeness (QED) is 0.857. The highest BCUT2D eigenvalue weighted by molar-refractivity contribution is 5.78. The molecule has 0 amide bonds. The Labute approximate surface area is 119 Å². The molecule has 1 atom stereocenters. The minimum Gasteiger partial charge on any atom is -0.378 e. The first kappa shape index (κ1) is 13.5. The third-order valence-electron chi connectivity index (χ3n) is 3.70. The zero-order chi connectivity index (χ0) is 13.8. The first-order valence-corrected chi connectivity index (χ1v) is 7.02. The van der Waals surface area contributed by atoms with Crippen molar-refractivity contribution in [1.29, 1.82) is 0 Å². The third kappa shape index (κ3) is 3.15. The Balaban J connectivity index is 1.74. The third-order valence-corrected chi connectivity index (χ3v) is 3.70. The van der Waals surface area contributed by atoms with E-state index in [0.717, 1.165) is 31.8 Å². The molecule has 20 heavy (non-hydrogen) atoms. The molecule has 1 fully saturated rings. The molecule has 0 radical (unpaired) electrons. The van der Waals surface area contributed by atoms with Crippen LogP contribution < -0.4 is 0 Å². The fourth-order valence-electron chi connectivity index (χ4n) is 2.59. The van der Waals surface area contributed by atoms with E-state index in [4.69, 9.17) is 9.47 Å². The van der Waals surface area contributed by atoms with Gasteiger partial charge in [-0.2, -0.15) is 0 Å². The summed E-state index contributed by atoms with van der Waals surface area (Å²) in [7, 11) is 1.75. The Kier molecular flexibility index (Phi) is 4.25. The number of fused-ring (bicyclic) bond motifs is 1. The van der Waals surface area contributed by atoms with Gasteiger partial charge in [0.1, 0.15) is 0 Å². The fraction of sp³-hybridized carbons (Fsp3) is 0.438. The van der Waals surface area contributed by atoms with Gasteiger partial charge in [0.25, 0.3) is 0 Å². The lowest BCUT2D eigenvalue weighted by Crippen LogP contribution is -2.33. The number of benzene rings is 1. The average Bonchev–Trinajstić information content (AvgIpc) is 2.72. The van der Waals surface area contributed by atoms with Crippen molar-refractivity contribution in [2.75, 3.05) is 33.4 Å². The van der Waals surface area contributed by atoms with E-state index < -0.39 is 0 Å². The molecule has 1 aromatic heterocycles. The van der Waals surface area contributed by atoms with Crippen LogP contribution >= 0.6 is 0 Å². The van der Waals surface area contributed by atoms with Gasteiger partial charge in [-0.15, -0.1) is 0 Å². The van der Waals surface area contributed by atoms with Crippen molar-refractivity contribution in [3.8, 4) is 0 Å². The van der Waals surface area contributed by atoms with Crippen LogP contribution in [0.2, 0.25) is 0 Å². The Hall–Kier alpha value is -1.49. The molecule has 1 saturated heterocycles. The predicted molar refractivity (Wildman–Crippen MR) is 78.6 cm³/mol. The molecule has 4 nitrogen and oxygen atoms in total. The number of methoxy groups -OCH3 is 1. The molecule has 106 valence electrons. The van der Waals surface area contributed by atoms with Gasteiger partial charge in [0.15, 0.2) is 0 Å². The predicted octanol–water partition coefficient (Wildman–Crippen LogP) is 2.08. The molecule has 1 unspecified atom stereocenters. The van der Waals surface area contributed by atoms with Crippen molar-refractivity contribution in [3.05, 3.63) is 42.1 Å². The lowest BCUT2D eigenvalue weighted by Gasteiger charge is -2.22. The van der Waals surface area contributed by atoms with Gasteiger partial charge in [0, 0.05) is 38.3 Å². The summed E-state index contributed by atoms with van der Waals surface area (Å²) in [4.78, 5) is 6.89. The molecule has 2 aromatic rings. The van der Waals surface area contributed by atoms with E-state index in [0.29, 0.717) is 6.61 Å². The van der Waals surface area contributed by atoms with Gasteiger partial charge in [-0.05, 0) is 17.7 Å². The topological polar surface area (TPSA) is 34.6 Å². The maximum Gasteiger partial charge on any atom is 0.0931 e. The van der Waals surface area contributed by atoms with E-state index in [-0.39, 0.29) is 6.10 Å². The first-order chi connectivity index (χ1) is 9.85. The smallest absolute Gasteiger partial charge is 0.0931 e. The standard InChI is InChI=1S/C16H20N2O2/c1-19-15-11-18(6-7-20-12-15)10-13-8-14-4-2-3-5-16(14)17-9-13/h2-5,8-9,15H,6-7,10-12H2,1H3. The number of hydrogen-bond donors (Lipinski definition) is 0. The number of nitrogens with zero attached hydrogens (tertiary/aromatic N) is 2. The summed E-state index contributed by atoms with van der Waals surface area (Å²) in [5.41, 5.74) is 2.28. The highest BCUT2D eigenvalue weighted by Crippen LogP contribution is 2.15. The molecule has 1 aliphatic heterocycles. The van der Waals surface area contributed by atoms with Crippen LogP contribution in [0.5, 0.6) is 0 Å². The second-order valence-corrected chi connectivity index (χ2v) is 5.20. The van der Waals surface area contributed by atoms with E-state index in [9.17, 15) is 0 Å². The number of hydrogen-bond acceptors (Lipinski definition) is 4. The van der Waals surface area contributed by atoms with E-state index in [2.05, 4.69) is 28.1 Å². The molecule has 4 heteroatoms. The Morgan fingerprint density at radius 1 is 1.40 bits per heavy atom. The lowest BCUT2D eigenvalue weighted by atomic mass is 10.1. The van der Waals surface area contributed by atoms with Crippen molar-refractivity contribution in [2.45, 2.75) is 12.6 Å². The van der Waals surface area contributed by atoms with Gasteiger partial charge < -0.3 is 9.47 Å². The normalized spacial score (nSPS) is 20.9. The minimum atomic E-state index is 0.158. The molecule has 1 aromatic carbocycles. The summed E-state index contributed by atoms with van der Waals surface area (Å²) in [6.07, 6.45) is 2.13. The maximum absolute atomic E-state index is 5.55. The van der Waals surface area contributed by atoms with E-state index in [1.165, 1.54) is 10.9 Å². The molecule has 0 spiro atoms. The largest absolute Gasteiger partial charge is 0.378 e. The SMILES string of the molecule is COC1COCCN(Cc2cnc3ccccc3c2)C1. The van der Waals surface area contributed by atoms with Crippen LogP contribution in [-0.2, 0) is 16.0 Å². The van der Waals surface area contributed by atoms with Crippen molar-refractivity contribution >= 4 is 10.9 Å². The monoisotopic (exact) mass is 272 g/mol. The van der Waals surface area contributed by atoms with Crippen LogP contribution in [0.15, 0.2) is 36.5 Å². The van der Waals surface area contributed by atoms with Crippen molar-refractivity contribution in [3.63, 3.8) is 0 Å². The van der Waals surface area contributed by atoms with Gasteiger partial charge >= 0.3 is 0 Å². The van der Waals surface area contributed by atoms with Crippen LogP contribution in [0, 0.1) is 0 Å². The zero-order valence-corrected chi connectivity index (χ0v) is 11.8. The van der Waals surface area contributed by atoms with Crippen molar-refractivity contribution in [2.24, 2.45) is 0 Å². The van der Waals surface area contributed by atoms with E-state index >= 15 is 0 Å². The van der Waals surface area contributed by atoms with Crippen LogP contribution in [0.1, 0.15) is 5.56 Å². The molecule has 0 bridgehead atoms. The van der Waals surface area contributed by atoms with E-state index in [1.54, 1.807) is 7.11 Å². The van der Waals surface area contributed by atoms with Gasteiger partial charge in [0.2, 0.25) is 0 Å². The van der Waals surface area contributed by atoms with Gasteiger partial charge in [0.05, 0.1) is 24.8 Å². The summed E-state index contributed by atoms with van der Waals surface area (Å²) in [6.45, 7) is 4.18. The molecule has 2 heterocycles.